The van der Waals surface area contributed by atoms with Crippen molar-refractivity contribution >= 4 is 0 Å². The van der Waals surface area contributed by atoms with Crippen molar-refractivity contribution in [2.45, 2.75) is 19.6 Å². The third kappa shape index (κ3) is 3.27. The van der Waals surface area contributed by atoms with E-state index >= 15 is 0 Å². The van der Waals surface area contributed by atoms with Gasteiger partial charge in [-0.25, -0.2) is 4.39 Å². The lowest BCUT2D eigenvalue weighted by Crippen LogP contribution is -2.01. The van der Waals surface area contributed by atoms with Gasteiger partial charge in [0.2, 0.25) is 0 Å². The Hall–Kier alpha value is -2.07. The van der Waals surface area contributed by atoms with Crippen LogP contribution in [0.3, 0.4) is 0 Å². The fourth-order valence-electron chi connectivity index (χ4n) is 1.85. The first kappa shape index (κ1) is 14.3. The normalized spacial score (nSPS) is 12.0. The summed E-state index contributed by atoms with van der Waals surface area (Å²) < 4.78 is 24.4. The maximum absolute atomic E-state index is 13.9. The third-order valence-corrected chi connectivity index (χ3v) is 3.00. The number of aliphatic hydroxyl groups excluding tert-OH is 1. The standard InChI is InChI=1S/C16H17FO3/c1-11(18)12-5-3-7-14(9-12)20-10-13-6-4-8-15(19-2)16(13)17/h3-9,11,18H,10H2,1-2H3/t11-/m0/s1. The minimum Gasteiger partial charge on any atom is -0.494 e. The molecule has 2 rings (SSSR count). The summed E-state index contributed by atoms with van der Waals surface area (Å²) in [5, 5.41) is 9.51. The maximum Gasteiger partial charge on any atom is 0.171 e. The van der Waals surface area contributed by atoms with E-state index in [4.69, 9.17) is 9.47 Å². The number of aliphatic hydroxyl groups is 1. The smallest absolute Gasteiger partial charge is 0.171 e. The average molecular weight is 276 g/mol. The quantitative estimate of drug-likeness (QED) is 0.908. The maximum atomic E-state index is 13.9. The van der Waals surface area contributed by atoms with Crippen molar-refractivity contribution in [2.75, 3.05) is 7.11 Å². The summed E-state index contributed by atoms with van der Waals surface area (Å²) in [6.45, 7) is 1.78. The second-order valence-corrected chi connectivity index (χ2v) is 4.47. The Morgan fingerprint density at radius 2 is 1.95 bits per heavy atom. The molecule has 0 heterocycles. The minimum atomic E-state index is -0.563. The molecule has 0 aromatic heterocycles. The second-order valence-electron chi connectivity index (χ2n) is 4.47. The summed E-state index contributed by atoms with van der Waals surface area (Å²) in [4.78, 5) is 0. The first-order valence-corrected chi connectivity index (χ1v) is 6.34. The largest absolute Gasteiger partial charge is 0.494 e. The van der Waals surface area contributed by atoms with Gasteiger partial charge in [-0.1, -0.05) is 24.3 Å². The Bertz CT molecular complexity index is 582. The van der Waals surface area contributed by atoms with Gasteiger partial charge in [0.15, 0.2) is 11.6 Å². The molecule has 0 aliphatic heterocycles. The van der Waals surface area contributed by atoms with Crippen molar-refractivity contribution in [2.24, 2.45) is 0 Å². The Labute approximate surface area is 117 Å². The second kappa shape index (κ2) is 6.39. The number of methoxy groups -OCH3 is 1. The number of benzene rings is 2. The topological polar surface area (TPSA) is 38.7 Å². The van der Waals surface area contributed by atoms with E-state index in [1.807, 2.05) is 6.07 Å². The monoisotopic (exact) mass is 276 g/mol. The van der Waals surface area contributed by atoms with Crippen molar-refractivity contribution in [3.8, 4) is 11.5 Å². The number of ether oxygens (including phenoxy) is 2. The predicted octanol–water partition coefficient (Wildman–Crippen LogP) is 3.47. The fraction of sp³-hybridized carbons (Fsp3) is 0.250. The molecule has 0 aliphatic rings. The molecule has 1 N–H and O–H groups in total. The highest BCUT2D eigenvalue weighted by atomic mass is 19.1. The molecule has 0 aliphatic carbocycles. The molecule has 2 aromatic rings. The van der Waals surface area contributed by atoms with E-state index in [1.165, 1.54) is 7.11 Å². The van der Waals surface area contributed by atoms with Gasteiger partial charge in [-0.15, -0.1) is 0 Å². The molecule has 0 radical (unpaired) electrons. The molecule has 1 atom stereocenters. The van der Waals surface area contributed by atoms with E-state index in [9.17, 15) is 9.50 Å². The number of hydrogen-bond acceptors (Lipinski definition) is 3. The van der Waals surface area contributed by atoms with Crippen LogP contribution in [0.1, 0.15) is 24.2 Å². The summed E-state index contributed by atoms with van der Waals surface area (Å²) in [6.07, 6.45) is -0.563. The average Bonchev–Trinajstić information content (AvgIpc) is 2.46. The number of rotatable bonds is 5. The molecule has 0 saturated carbocycles. The number of hydrogen-bond donors (Lipinski definition) is 1. The van der Waals surface area contributed by atoms with Crippen LogP contribution >= 0.6 is 0 Å². The zero-order valence-corrected chi connectivity index (χ0v) is 11.5. The Morgan fingerprint density at radius 1 is 1.20 bits per heavy atom. The van der Waals surface area contributed by atoms with Crippen LogP contribution in [-0.2, 0) is 6.61 Å². The van der Waals surface area contributed by atoms with E-state index in [1.54, 1.807) is 43.3 Å². The van der Waals surface area contributed by atoms with Gasteiger partial charge in [-0.2, -0.15) is 0 Å². The van der Waals surface area contributed by atoms with Gasteiger partial charge >= 0.3 is 0 Å². The lowest BCUT2D eigenvalue weighted by molar-refractivity contribution is 0.198. The Morgan fingerprint density at radius 3 is 2.65 bits per heavy atom. The molecule has 2 aromatic carbocycles. The molecule has 0 saturated heterocycles. The first-order chi connectivity index (χ1) is 9.61. The van der Waals surface area contributed by atoms with Crippen molar-refractivity contribution in [3.05, 3.63) is 59.4 Å². The summed E-state index contributed by atoms with van der Waals surface area (Å²) in [6, 6.07) is 12.0. The van der Waals surface area contributed by atoms with Gasteiger partial charge in [-0.05, 0) is 30.7 Å². The lowest BCUT2D eigenvalue weighted by atomic mass is 10.1. The summed E-state index contributed by atoms with van der Waals surface area (Å²) in [5.74, 6) is 0.371. The molecule has 3 nitrogen and oxygen atoms in total. The van der Waals surface area contributed by atoms with Crippen molar-refractivity contribution in [3.63, 3.8) is 0 Å². The molecule has 0 bridgehead atoms. The van der Waals surface area contributed by atoms with Gasteiger partial charge in [-0.3, -0.25) is 0 Å². The van der Waals surface area contributed by atoms with Gasteiger partial charge < -0.3 is 14.6 Å². The Kier molecular flexibility index (Phi) is 4.58. The third-order valence-electron chi connectivity index (χ3n) is 3.00. The van der Waals surface area contributed by atoms with Crippen LogP contribution in [0.15, 0.2) is 42.5 Å². The SMILES string of the molecule is COc1cccc(COc2cccc([C@H](C)O)c2)c1F. The van der Waals surface area contributed by atoms with E-state index in [0.717, 1.165) is 5.56 Å². The van der Waals surface area contributed by atoms with Crippen LogP contribution in [-0.4, -0.2) is 12.2 Å². The van der Waals surface area contributed by atoms with E-state index in [2.05, 4.69) is 0 Å². The zero-order valence-electron chi connectivity index (χ0n) is 11.5. The highest BCUT2D eigenvalue weighted by Gasteiger charge is 2.09. The summed E-state index contributed by atoms with van der Waals surface area (Å²) in [7, 11) is 1.43. The van der Waals surface area contributed by atoms with Crippen LogP contribution < -0.4 is 9.47 Å². The molecule has 0 amide bonds. The predicted molar refractivity (Wildman–Crippen MR) is 74.4 cm³/mol. The minimum absolute atomic E-state index is 0.103. The molecular formula is C16H17FO3. The zero-order chi connectivity index (χ0) is 14.5. The molecule has 0 fully saturated rings. The van der Waals surface area contributed by atoms with Gasteiger partial charge in [0.05, 0.1) is 13.2 Å². The van der Waals surface area contributed by atoms with Gasteiger partial charge in [0, 0.05) is 5.56 Å². The van der Waals surface area contributed by atoms with Gasteiger partial charge in [0.25, 0.3) is 0 Å². The van der Waals surface area contributed by atoms with E-state index in [-0.39, 0.29) is 12.4 Å². The Balaban J connectivity index is 2.11. The molecular weight excluding hydrogens is 259 g/mol. The van der Waals surface area contributed by atoms with Crippen LogP contribution in [0.2, 0.25) is 0 Å². The van der Waals surface area contributed by atoms with E-state index in [0.29, 0.717) is 11.3 Å². The molecule has 0 spiro atoms. The summed E-state index contributed by atoms with van der Waals surface area (Å²) in [5.41, 5.74) is 1.18. The fourth-order valence-corrected chi connectivity index (χ4v) is 1.85. The van der Waals surface area contributed by atoms with Crippen LogP contribution in [0.4, 0.5) is 4.39 Å². The van der Waals surface area contributed by atoms with Crippen LogP contribution in [0.25, 0.3) is 0 Å². The van der Waals surface area contributed by atoms with Crippen molar-refractivity contribution < 1.29 is 19.0 Å². The highest BCUT2D eigenvalue weighted by molar-refractivity contribution is 5.32. The van der Waals surface area contributed by atoms with E-state index < -0.39 is 11.9 Å². The molecule has 0 unspecified atom stereocenters. The lowest BCUT2D eigenvalue weighted by Gasteiger charge is -2.11. The summed E-state index contributed by atoms with van der Waals surface area (Å²) >= 11 is 0. The highest BCUT2D eigenvalue weighted by Crippen LogP contribution is 2.23. The number of halogens is 1. The molecule has 4 heteroatoms. The van der Waals surface area contributed by atoms with Crippen molar-refractivity contribution in [1.29, 1.82) is 0 Å². The van der Waals surface area contributed by atoms with Crippen LogP contribution in [0, 0.1) is 5.82 Å². The van der Waals surface area contributed by atoms with Crippen LogP contribution in [0.5, 0.6) is 11.5 Å². The van der Waals surface area contributed by atoms with Gasteiger partial charge in [0.1, 0.15) is 12.4 Å². The molecule has 20 heavy (non-hydrogen) atoms. The van der Waals surface area contributed by atoms with Crippen molar-refractivity contribution in [1.82, 2.24) is 0 Å². The molecule has 106 valence electrons. The first-order valence-electron chi connectivity index (χ1n) is 6.34.